The van der Waals surface area contributed by atoms with Crippen molar-refractivity contribution in [3.05, 3.63) is 35.4 Å². The van der Waals surface area contributed by atoms with Crippen LogP contribution in [0.25, 0.3) is 5.53 Å². The van der Waals surface area contributed by atoms with Gasteiger partial charge in [-0.1, -0.05) is 0 Å². The van der Waals surface area contributed by atoms with Crippen molar-refractivity contribution in [3.8, 4) is 0 Å². The van der Waals surface area contributed by atoms with E-state index in [-0.39, 0.29) is 0 Å². The Morgan fingerprint density at radius 1 is 1.38 bits per heavy atom. The Bertz CT molecular complexity index is 226. The number of aromatic amines is 1. The number of H-pyrrole nitrogens is 1. The summed E-state index contributed by atoms with van der Waals surface area (Å²) >= 11 is 0. The minimum Gasteiger partial charge on any atom is -0.367 e. The molecule has 8 heavy (non-hydrogen) atoms. The molecule has 0 saturated heterocycles. The molecule has 1 aromatic rings. The normalized spacial score (nSPS) is 8.00. The van der Waals surface area contributed by atoms with Crippen molar-refractivity contribution in [2.24, 2.45) is 0 Å². The molecule has 0 aliphatic carbocycles. The summed E-state index contributed by atoms with van der Waals surface area (Å²) in [6.45, 7) is 0. The van der Waals surface area contributed by atoms with Gasteiger partial charge in [0, 0.05) is 24.5 Å². The van der Waals surface area contributed by atoms with Crippen molar-refractivity contribution in [2.75, 3.05) is 0 Å². The molecular formula is C5H5N3. The molecule has 0 spiro atoms. The number of nitrogens with zero attached hydrogens (tertiary/aromatic N) is 2. The van der Waals surface area contributed by atoms with Gasteiger partial charge < -0.3 is 10.5 Å². The van der Waals surface area contributed by atoms with E-state index in [9.17, 15) is 0 Å². The van der Waals surface area contributed by atoms with Gasteiger partial charge in [-0.15, -0.1) is 0 Å². The first-order valence-corrected chi connectivity index (χ1v) is 2.24. The molecule has 1 N–H and O–H groups in total. The molecule has 1 heterocycles. The fraction of sp³-hybridized carbons (Fsp3) is 0. The van der Waals surface area contributed by atoms with Gasteiger partial charge >= 0.3 is 5.36 Å². The summed E-state index contributed by atoms with van der Waals surface area (Å²) in [6.07, 6.45) is 3.38. The van der Waals surface area contributed by atoms with Crippen LogP contribution in [0.15, 0.2) is 24.5 Å². The van der Waals surface area contributed by atoms with Gasteiger partial charge in [0.25, 0.3) is 0 Å². The van der Waals surface area contributed by atoms with Crippen LogP contribution < -0.4 is 5.36 Å². The van der Waals surface area contributed by atoms with Gasteiger partial charge in [0.1, 0.15) is 0 Å². The van der Waals surface area contributed by atoms with Gasteiger partial charge in [0.2, 0.25) is 0 Å². The molecule has 0 unspecified atom stereocenters. The first kappa shape index (κ1) is 4.81. The molecule has 0 amide bonds. The van der Waals surface area contributed by atoms with Crippen LogP contribution >= 0.6 is 0 Å². The minimum absolute atomic E-state index is 0.559. The maximum atomic E-state index is 8.15. The minimum atomic E-state index is 0.559. The summed E-state index contributed by atoms with van der Waals surface area (Å²) in [4.78, 5) is 5.75. The number of hydrogen-bond acceptors (Lipinski definition) is 0. The van der Waals surface area contributed by atoms with Gasteiger partial charge in [-0.25, -0.2) is 0 Å². The number of hydrogen-bond donors (Lipinski definition) is 1. The summed E-state index contributed by atoms with van der Waals surface area (Å²) in [7, 11) is 0. The lowest BCUT2D eigenvalue weighted by Gasteiger charge is -1.71. The highest BCUT2D eigenvalue weighted by molar-refractivity contribution is 4.85. The van der Waals surface area contributed by atoms with E-state index in [0.29, 0.717) is 5.36 Å². The van der Waals surface area contributed by atoms with E-state index in [1.54, 1.807) is 24.5 Å². The molecule has 3 nitrogen and oxygen atoms in total. The van der Waals surface area contributed by atoms with E-state index in [1.807, 2.05) is 0 Å². The van der Waals surface area contributed by atoms with Crippen molar-refractivity contribution in [3.63, 3.8) is 0 Å². The van der Waals surface area contributed by atoms with Crippen molar-refractivity contribution < 1.29 is 4.79 Å². The second-order valence-electron chi connectivity index (χ2n) is 1.36. The summed E-state index contributed by atoms with van der Waals surface area (Å²) in [5, 5.41) is 0.559. The largest absolute Gasteiger partial charge is 0.367 e. The molecular weight excluding hydrogens is 102 g/mol. The van der Waals surface area contributed by atoms with Crippen LogP contribution in [0.5, 0.6) is 0 Å². The molecule has 0 aliphatic rings. The lowest BCUT2D eigenvalue weighted by molar-refractivity contribution is -0.0651. The maximum absolute atomic E-state index is 8.15. The Kier molecular flexibility index (Phi) is 1.26. The topological polar surface area (TPSA) is 52.2 Å². The molecule has 3 heteroatoms. The third kappa shape index (κ3) is 0.832. The molecule has 40 valence electrons. The van der Waals surface area contributed by atoms with E-state index in [4.69, 9.17) is 5.53 Å². The van der Waals surface area contributed by atoms with Crippen LogP contribution in [0, 0.1) is 0 Å². The summed E-state index contributed by atoms with van der Waals surface area (Å²) in [6, 6.07) is 3.33. The highest BCUT2D eigenvalue weighted by Crippen LogP contribution is 1.63. The zero-order valence-corrected chi connectivity index (χ0v) is 4.20. The number of nitrogens with one attached hydrogen (secondary N) is 1. The van der Waals surface area contributed by atoms with E-state index in [0.717, 1.165) is 0 Å². The van der Waals surface area contributed by atoms with E-state index < -0.39 is 0 Å². The van der Waals surface area contributed by atoms with Crippen LogP contribution in [-0.4, -0.2) is 9.77 Å². The summed E-state index contributed by atoms with van der Waals surface area (Å²) in [5.41, 5.74) is 8.15. The zero-order chi connectivity index (χ0) is 5.82. The molecule has 0 fully saturated rings. The van der Waals surface area contributed by atoms with Crippen LogP contribution in [0.1, 0.15) is 0 Å². The number of pyridine rings is 1. The Hall–Kier alpha value is -1.34. The highest BCUT2D eigenvalue weighted by atomic mass is 14.8. The molecule has 0 atom stereocenters. The standard InChI is InChI=1S/C5H5N3/c6-8-5-1-3-7-4-2-5/h1-4,7H. The van der Waals surface area contributed by atoms with Gasteiger partial charge in [-0.2, -0.15) is 4.79 Å². The fourth-order valence-corrected chi connectivity index (χ4v) is 0.445. The first-order chi connectivity index (χ1) is 3.93. The second kappa shape index (κ2) is 2.09. The van der Waals surface area contributed by atoms with Crippen molar-refractivity contribution >= 4 is 0 Å². The second-order valence-corrected chi connectivity index (χ2v) is 1.36. The van der Waals surface area contributed by atoms with Crippen molar-refractivity contribution in [1.29, 1.82) is 0 Å². The lowest BCUT2D eigenvalue weighted by Crippen LogP contribution is -1.98. The number of aromatic nitrogens is 1. The fourth-order valence-electron chi connectivity index (χ4n) is 0.445. The number of rotatable bonds is 0. The average molecular weight is 107 g/mol. The van der Waals surface area contributed by atoms with Crippen molar-refractivity contribution in [2.45, 2.75) is 0 Å². The maximum Gasteiger partial charge on any atom is 0.318 e. The SMILES string of the molecule is [N-]=[N+]=c1cc[nH]cc1. The van der Waals surface area contributed by atoms with Crippen molar-refractivity contribution in [1.82, 2.24) is 4.98 Å². The predicted molar refractivity (Wildman–Crippen MR) is 27.5 cm³/mol. The van der Waals surface area contributed by atoms with Gasteiger partial charge in [-0.05, 0) is 0 Å². The quantitative estimate of drug-likeness (QED) is 0.362. The summed E-state index contributed by atoms with van der Waals surface area (Å²) in [5.74, 6) is 0. The Morgan fingerprint density at radius 2 is 2.00 bits per heavy atom. The molecule has 0 aliphatic heterocycles. The Balaban J connectivity index is 3.41. The van der Waals surface area contributed by atoms with E-state index >= 15 is 0 Å². The molecule has 1 aromatic heterocycles. The van der Waals surface area contributed by atoms with Crippen LogP contribution in [-0.2, 0) is 0 Å². The Labute approximate surface area is 46.2 Å². The smallest absolute Gasteiger partial charge is 0.318 e. The van der Waals surface area contributed by atoms with Crippen LogP contribution in [0.4, 0.5) is 0 Å². The Morgan fingerprint density at radius 3 is 2.38 bits per heavy atom. The van der Waals surface area contributed by atoms with Gasteiger partial charge in [0.15, 0.2) is 0 Å². The molecule has 0 radical (unpaired) electrons. The first-order valence-electron chi connectivity index (χ1n) is 2.24. The molecule has 1 rings (SSSR count). The van der Waals surface area contributed by atoms with Crippen LogP contribution in [0.2, 0.25) is 0 Å². The third-order valence-electron chi connectivity index (χ3n) is 0.816. The zero-order valence-electron chi connectivity index (χ0n) is 4.20. The average Bonchev–Trinajstić information content (AvgIpc) is 1.90. The van der Waals surface area contributed by atoms with Crippen LogP contribution in [0.3, 0.4) is 0 Å². The molecule has 0 bridgehead atoms. The van der Waals surface area contributed by atoms with E-state index in [1.165, 1.54) is 0 Å². The molecule has 0 aromatic carbocycles. The third-order valence-corrected chi connectivity index (χ3v) is 0.816. The van der Waals surface area contributed by atoms with E-state index in [2.05, 4.69) is 9.77 Å². The molecule has 0 saturated carbocycles. The van der Waals surface area contributed by atoms with Gasteiger partial charge in [-0.3, -0.25) is 0 Å². The highest BCUT2D eigenvalue weighted by Gasteiger charge is 1.78. The summed E-state index contributed by atoms with van der Waals surface area (Å²) < 4.78 is 0. The van der Waals surface area contributed by atoms with Gasteiger partial charge in [0.05, 0.1) is 0 Å². The predicted octanol–water partition coefficient (Wildman–Crippen LogP) is 0.145. The monoisotopic (exact) mass is 107 g/mol. The lowest BCUT2D eigenvalue weighted by atomic mass is 10.5.